The van der Waals surface area contributed by atoms with Crippen molar-refractivity contribution in [3.8, 4) is 0 Å². The predicted octanol–water partition coefficient (Wildman–Crippen LogP) is 4.11. The maximum absolute atomic E-state index is 13.3. The van der Waals surface area contributed by atoms with E-state index in [0.717, 1.165) is 26.6 Å². The first-order valence-electron chi connectivity index (χ1n) is 10.3. The molecule has 0 bridgehead atoms. The minimum Gasteiger partial charge on any atom is -0.300 e. The molecule has 0 saturated carbocycles. The molecule has 4 rings (SSSR count). The lowest BCUT2D eigenvalue weighted by molar-refractivity contribution is -0.121. The van der Waals surface area contributed by atoms with Gasteiger partial charge in [0.25, 0.3) is 0 Å². The van der Waals surface area contributed by atoms with Crippen LogP contribution < -0.4 is 5.32 Å². The van der Waals surface area contributed by atoms with Crippen LogP contribution in [0.25, 0.3) is 0 Å². The van der Waals surface area contributed by atoms with Gasteiger partial charge in [-0.05, 0) is 23.6 Å². The highest BCUT2D eigenvalue weighted by molar-refractivity contribution is 7.91. The zero-order chi connectivity index (χ0) is 22.7. The number of rotatable bonds is 6. The van der Waals surface area contributed by atoms with Crippen molar-refractivity contribution in [2.75, 3.05) is 29.9 Å². The second-order valence-electron chi connectivity index (χ2n) is 7.85. The van der Waals surface area contributed by atoms with Crippen LogP contribution in [-0.2, 0) is 21.1 Å². The van der Waals surface area contributed by atoms with E-state index in [1.807, 2.05) is 60.4 Å². The summed E-state index contributed by atoms with van der Waals surface area (Å²) in [5, 5.41) is 4.19. The lowest BCUT2D eigenvalue weighted by atomic mass is 10.0. The Kier molecular flexibility index (Phi) is 6.95. The smallest absolute Gasteiger partial charge is 0.248 e. The number of hydrogen-bond donors (Lipinski definition) is 1. The van der Waals surface area contributed by atoms with E-state index < -0.39 is 15.9 Å². The predicted molar refractivity (Wildman–Crippen MR) is 129 cm³/mol. The maximum Gasteiger partial charge on any atom is 0.248 e. The summed E-state index contributed by atoms with van der Waals surface area (Å²) in [6.07, 6.45) is 2.39. The van der Waals surface area contributed by atoms with E-state index in [0.29, 0.717) is 24.6 Å². The molecule has 1 aromatic heterocycles. The fourth-order valence-corrected chi connectivity index (χ4v) is 6.06. The molecule has 1 unspecified atom stereocenters. The van der Waals surface area contributed by atoms with E-state index in [4.69, 9.17) is 11.6 Å². The highest BCUT2D eigenvalue weighted by atomic mass is 35.5. The summed E-state index contributed by atoms with van der Waals surface area (Å²) in [5.74, 6) is -0.102. The van der Waals surface area contributed by atoms with Crippen LogP contribution in [0, 0.1) is 6.92 Å². The Morgan fingerprint density at radius 3 is 2.59 bits per heavy atom. The Morgan fingerprint density at radius 1 is 1.16 bits per heavy atom. The number of nitrogens with one attached hydrogen (secondary N) is 1. The monoisotopic (exact) mass is 489 g/mol. The molecule has 2 heterocycles. The van der Waals surface area contributed by atoms with Gasteiger partial charge in [0, 0.05) is 35.6 Å². The molecule has 0 aliphatic carbocycles. The molecule has 0 spiro atoms. The van der Waals surface area contributed by atoms with Crippen molar-refractivity contribution in [3.05, 3.63) is 81.3 Å². The van der Waals surface area contributed by atoms with Gasteiger partial charge >= 0.3 is 0 Å². The molecular formula is C23H24ClN3O3S2. The average molecular weight is 490 g/mol. The summed E-state index contributed by atoms with van der Waals surface area (Å²) in [5.41, 5.74) is 2.87. The van der Waals surface area contributed by atoms with Crippen LogP contribution in [0.4, 0.5) is 5.13 Å². The highest BCUT2D eigenvalue weighted by Gasteiger charge is 2.32. The van der Waals surface area contributed by atoms with E-state index in [-0.39, 0.29) is 17.4 Å². The minimum atomic E-state index is -3.04. The van der Waals surface area contributed by atoms with E-state index in [2.05, 4.69) is 10.3 Å². The van der Waals surface area contributed by atoms with Crippen molar-refractivity contribution < 1.29 is 13.2 Å². The van der Waals surface area contributed by atoms with Gasteiger partial charge < -0.3 is 5.32 Å². The second kappa shape index (κ2) is 9.70. The third-order valence-corrected chi connectivity index (χ3v) is 8.59. The van der Waals surface area contributed by atoms with Crippen LogP contribution in [0.3, 0.4) is 0 Å². The molecule has 1 fully saturated rings. The van der Waals surface area contributed by atoms with Gasteiger partial charge in [-0.3, -0.25) is 9.69 Å². The number of amides is 1. The molecule has 1 atom stereocenters. The number of halogens is 1. The van der Waals surface area contributed by atoms with Gasteiger partial charge in [-0.15, -0.1) is 11.3 Å². The molecule has 1 aliphatic rings. The number of aromatic nitrogens is 1. The van der Waals surface area contributed by atoms with Gasteiger partial charge in [0.2, 0.25) is 5.91 Å². The summed E-state index contributed by atoms with van der Waals surface area (Å²) in [4.78, 5) is 20.6. The zero-order valence-corrected chi connectivity index (χ0v) is 20.0. The Labute approximate surface area is 197 Å². The van der Waals surface area contributed by atoms with Gasteiger partial charge in [0.15, 0.2) is 15.0 Å². The summed E-state index contributed by atoms with van der Waals surface area (Å²) in [6.45, 7) is 2.62. The minimum absolute atomic E-state index is 0.0578. The standard InChI is InChI=1S/C23H24ClN3O3S2/c1-16-6-5-9-18(20(16)24)14-19-15-25-23(31-19)26-22(28)21(17-7-3-2-4-8-17)27-10-12-32(29,30)13-11-27/h2-9,15,21H,10-14H2,1H3,(H,25,26,28). The number of carbonyl (C=O) groups is 1. The van der Waals surface area contributed by atoms with Crippen molar-refractivity contribution in [1.29, 1.82) is 0 Å². The van der Waals surface area contributed by atoms with Gasteiger partial charge in [-0.2, -0.15) is 0 Å². The van der Waals surface area contributed by atoms with Gasteiger partial charge in [0.1, 0.15) is 6.04 Å². The molecule has 1 amide bonds. The lowest BCUT2D eigenvalue weighted by Gasteiger charge is -2.33. The number of hydrogen-bond acceptors (Lipinski definition) is 6. The highest BCUT2D eigenvalue weighted by Crippen LogP contribution is 2.29. The second-order valence-corrected chi connectivity index (χ2v) is 11.6. The van der Waals surface area contributed by atoms with E-state index in [1.165, 1.54) is 11.3 Å². The van der Waals surface area contributed by atoms with Crippen molar-refractivity contribution >= 4 is 43.8 Å². The van der Waals surface area contributed by atoms with Gasteiger partial charge in [-0.1, -0.05) is 60.1 Å². The van der Waals surface area contributed by atoms with Crippen LogP contribution in [0.5, 0.6) is 0 Å². The van der Waals surface area contributed by atoms with Gasteiger partial charge in [0.05, 0.1) is 11.5 Å². The molecule has 9 heteroatoms. The number of nitrogens with zero attached hydrogens (tertiary/aromatic N) is 2. The third kappa shape index (κ3) is 5.38. The number of thiazole rings is 1. The summed E-state index contributed by atoms with van der Waals surface area (Å²) >= 11 is 7.83. The van der Waals surface area contributed by atoms with Crippen LogP contribution in [-0.4, -0.2) is 48.8 Å². The summed E-state index contributed by atoms with van der Waals surface area (Å²) in [7, 11) is -3.04. The first kappa shape index (κ1) is 22.9. The third-order valence-electron chi connectivity index (χ3n) is 5.53. The number of sulfone groups is 1. The first-order chi connectivity index (χ1) is 15.3. The van der Waals surface area contributed by atoms with Crippen molar-refractivity contribution in [2.45, 2.75) is 19.4 Å². The van der Waals surface area contributed by atoms with Crippen LogP contribution in [0.2, 0.25) is 5.02 Å². The number of carbonyl (C=O) groups excluding carboxylic acids is 1. The summed E-state index contributed by atoms with van der Waals surface area (Å²) < 4.78 is 23.7. The molecule has 1 N–H and O–H groups in total. The fraction of sp³-hybridized carbons (Fsp3) is 0.304. The topological polar surface area (TPSA) is 79.4 Å². The maximum atomic E-state index is 13.3. The largest absolute Gasteiger partial charge is 0.300 e. The molecule has 2 aromatic carbocycles. The molecular weight excluding hydrogens is 466 g/mol. The Balaban J connectivity index is 1.51. The Morgan fingerprint density at radius 2 is 1.88 bits per heavy atom. The van der Waals surface area contributed by atoms with Crippen LogP contribution in [0.1, 0.15) is 27.6 Å². The van der Waals surface area contributed by atoms with E-state index in [9.17, 15) is 13.2 Å². The zero-order valence-electron chi connectivity index (χ0n) is 17.6. The van der Waals surface area contributed by atoms with Gasteiger partial charge in [-0.25, -0.2) is 13.4 Å². The lowest BCUT2D eigenvalue weighted by Crippen LogP contribution is -2.46. The van der Waals surface area contributed by atoms with Crippen molar-refractivity contribution in [2.24, 2.45) is 0 Å². The SMILES string of the molecule is Cc1cccc(Cc2cnc(NC(=O)C(c3ccccc3)N3CCS(=O)(=O)CC3)s2)c1Cl. The summed E-state index contributed by atoms with van der Waals surface area (Å²) in [6, 6.07) is 14.8. The first-order valence-corrected chi connectivity index (χ1v) is 13.3. The molecule has 1 saturated heterocycles. The molecule has 168 valence electrons. The molecule has 0 radical (unpaired) electrons. The van der Waals surface area contributed by atoms with Crippen molar-refractivity contribution in [3.63, 3.8) is 0 Å². The van der Waals surface area contributed by atoms with Crippen LogP contribution in [0.15, 0.2) is 54.7 Å². The van der Waals surface area contributed by atoms with E-state index >= 15 is 0 Å². The number of benzene rings is 2. The molecule has 1 aliphatic heterocycles. The molecule has 32 heavy (non-hydrogen) atoms. The fourth-order valence-electron chi connectivity index (χ4n) is 3.80. The number of anilines is 1. The normalized spacial score (nSPS) is 17.1. The van der Waals surface area contributed by atoms with Crippen LogP contribution >= 0.6 is 22.9 Å². The quantitative estimate of drug-likeness (QED) is 0.563. The Hall–Kier alpha value is -2.26. The Bertz CT molecular complexity index is 1200. The average Bonchev–Trinajstić information content (AvgIpc) is 3.20. The molecule has 6 nitrogen and oxygen atoms in total. The number of aryl methyl sites for hydroxylation is 1. The molecule has 3 aromatic rings. The van der Waals surface area contributed by atoms with E-state index in [1.54, 1.807) is 6.20 Å². The van der Waals surface area contributed by atoms with Crippen molar-refractivity contribution in [1.82, 2.24) is 9.88 Å².